The molecule has 1 saturated heterocycles. The minimum Gasteiger partial charge on any atom is -0.467 e. The van der Waals surface area contributed by atoms with Gasteiger partial charge >= 0.3 is 0 Å². The van der Waals surface area contributed by atoms with Crippen LogP contribution in [0, 0.1) is 5.92 Å². The average molecular weight is 634 g/mol. The molecule has 1 aliphatic carbocycles. The number of carbonyl (C=O) groups excluding carboxylic acids is 1. The molecule has 2 heterocycles. The molecule has 0 bridgehead atoms. The van der Waals surface area contributed by atoms with Crippen molar-refractivity contribution >= 4 is 11.7 Å². The number of nitrogens with one attached hydrogen (secondary N) is 2. The van der Waals surface area contributed by atoms with Crippen LogP contribution in [-0.4, -0.2) is 144 Å². The molecule has 0 aromatic heterocycles. The predicted octanol–water partition coefficient (Wildman–Crippen LogP) is -4.96. The molecule has 17 heteroatoms. The smallest absolute Gasteiger partial charge is 0.215 e. The summed E-state index contributed by atoms with van der Waals surface area (Å²) in [5.74, 6) is -0.854. The normalized spacial score (nSPS) is 38.3. The highest BCUT2D eigenvalue weighted by atomic mass is 16.7. The molecule has 44 heavy (non-hydrogen) atoms. The van der Waals surface area contributed by atoms with Crippen molar-refractivity contribution in [2.45, 2.75) is 99.4 Å². The Hall–Kier alpha value is -2.00. The summed E-state index contributed by atoms with van der Waals surface area (Å²) < 4.78 is 23.9. The third kappa shape index (κ3) is 9.51. The zero-order valence-electron chi connectivity index (χ0n) is 25.3. The molecule has 0 radical (unpaired) electrons. The summed E-state index contributed by atoms with van der Waals surface area (Å²) in [6.45, 7) is 2.03. The third-order valence-electron chi connectivity index (χ3n) is 8.21. The molecule has 2 aliphatic heterocycles. The van der Waals surface area contributed by atoms with Gasteiger partial charge < -0.3 is 78.0 Å². The number of ether oxygens (including phenoxy) is 4. The van der Waals surface area contributed by atoms with Gasteiger partial charge in [0, 0.05) is 32.0 Å². The summed E-state index contributed by atoms with van der Waals surface area (Å²) in [7, 11) is 1.57. The summed E-state index contributed by atoms with van der Waals surface area (Å²) in [5, 5.41) is 58.6. The van der Waals surface area contributed by atoms with Gasteiger partial charge in [0.15, 0.2) is 18.0 Å². The van der Waals surface area contributed by atoms with Crippen molar-refractivity contribution in [3.05, 3.63) is 11.8 Å². The van der Waals surface area contributed by atoms with E-state index in [9.17, 15) is 25.2 Å². The summed E-state index contributed by atoms with van der Waals surface area (Å²) >= 11 is 0. The highest BCUT2D eigenvalue weighted by molar-refractivity contribution is 5.83. The van der Waals surface area contributed by atoms with Gasteiger partial charge in [-0.05, 0) is 38.8 Å². The van der Waals surface area contributed by atoms with Crippen molar-refractivity contribution in [3.63, 3.8) is 0 Å². The van der Waals surface area contributed by atoms with Crippen LogP contribution in [0.4, 0.5) is 0 Å². The maximum Gasteiger partial charge on any atom is 0.215 e. The number of aliphatic hydroxyl groups excluding tert-OH is 4. The van der Waals surface area contributed by atoms with Crippen molar-refractivity contribution in [1.82, 2.24) is 10.6 Å². The Labute approximate surface area is 256 Å². The van der Waals surface area contributed by atoms with Crippen LogP contribution in [0.3, 0.4) is 0 Å². The molecule has 0 aromatic carbocycles. The van der Waals surface area contributed by atoms with Crippen LogP contribution in [0.5, 0.6) is 0 Å². The largest absolute Gasteiger partial charge is 0.467 e. The number of nitrogens with two attached hydrogens (primary N) is 4. The minimum atomic E-state index is -1.43. The third-order valence-corrected chi connectivity index (χ3v) is 8.21. The second kappa shape index (κ2) is 16.5. The number of hydrogen-bond acceptors (Lipinski definition) is 15. The topological polar surface area (TPSA) is 296 Å². The van der Waals surface area contributed by atoms with E-state index in [0.29, 0.717) is 25.3 Å². The van der Waals surface area contributed by atoms with Crippen LogP contribution in [0.1, 0.15) is 32.6 Å². The number of aliphatic imine (C=N–C) groups is 1. The molecule has 3 aliphatic rings. The number of hydrogen-bond donors (Lipinski definition) is 11. The van der Waals surface area contributed by atoms with Crippen LogP contribution in [0.25, 0.3) is 0 Å². The molecule has 0 spiro atoms. The van der Waals surface area contributed by atoms with E-state index >= 15 is 0 Å². The summed E-state index contributed by atoms with van der Waals surface area (Å²) in [6.07, 6.45) is -6.45. The number of rotatable bonds is 15. The van der Waals surface area contributed by atoms with Gasteiger partial charge in [0.2, 0.25) is 6.29 Å². The number of nitrogens with zero attached hydrogens (tertiary/aromatic N) is 1. The Balaban J connectivity index is 1.79. The quantitative estimate of drug-likeness (QED) is 0.0457. The summed E-state index contributed by atoms with van der Waals surface area (Å²) in [4.78, 5) is 16.8. The van der Waals surface area contributed by atoms with Crippen molar-refractivity contribution in [2.75, 3.05) is 39.9 Å². The van der Waals surface area contributed by atoms with Gasteiger partial charge in [0.25, 0.3) is 0 Å². The lowest BCUT2D eigenvalue weighted by molar-refractivity contribution is -0.308. The average Bonchev–Trinajstić information content (AvgIpc) is 2.95. The van der Waals surface area contributed by atoms with Gasteiger partial charge in [-0.15, -0.1) is 0 Å². The zero-order valence-corrected chi connectivity index (χ0v) is 25.3. The van der Waals surface area contributed by atoms with Crippen LogP contribution in [0.2, 0.25) is 0 Å². The molecular weight excluding hydrogens is 582 g/mol. The first-order valence-electron chi connectivity index (χ1n) is 14.9. The van der Waals surface area contributed by atoms with E-state index in [1.54, 1.807) is 7.05 Å². The molecule has 1 saturated carbocycles. The molecule has 15 N–H and O–H groups in total. The molecule has 3 rings (SSSR count). The highest BCUT2D eigenvalue weighted by Crippen LogP contribution is 2.36. The first-order chi connectivity index (χ1) is 20.8. The van der Waals surface area contributed by atoms with Gasteiger partial charge in [-0.3, -0.25) is 9.79 Å². The van der Waals surface area contributed by atoms with Crippen molar-refractivity contribution in [3.8, 4) is 0 Å². The number of aliphatic hydroxyl groups is 5. The van der Waals surface area contributed by atoms with Crippen molar-refractivity contribution < 1.29 is 49.3 Å². The Morgan fingerprint density at radius 2 is 1.89 bits per heavy atom. The van der Waals surface area contributed by atoms with Crippen LogP contribution < -0.4 is 33.6 Å². The molecule has 2 fully saturated rings. The van der Waals surface area contributed by atoms with Crippen LogP contribution >= 0.6 is 0 Å². The Morgan fingerprint density at radius 1 is 1.18 bits per heavy atom. The summed E-state index contributed by atoms with van der Waals surface area (Å²) in [5.41, 5.74) is 22.0. The molecule has 12 atom stereocenters. The van der Waals surface area contributed by atoms with E-state index in [1.165, 1.54) is 6.92 Å². The van der Waals surface area contributed by atoms with E-state index in [4.69, 9.17) is 47.0 Å². The van der Waals surface area contributed by atoms with Crippen molar-refractivity contribution in [2.24, 2.45) is 33.8 Å². The molecule has 254 valence electrons. The Kier molecular flexibility index (Phi) is 13.7. The highest BCUT2D eigenvalue weighted by Gasteiger charge is 2.51. The number of ketones is 1. The fourth-order valence-electron chi connectivity index (χ4n) is 5.85. The first kappa shape index (κ1) is 36.5. The SMILES string of the molecule is CN[C@@H]1[C@@H](O)[C@@H](O[C@H]2[C@H](CC(=O)[C@@H](O)CCN=C(N)N)C[C@H](N)C(O[C@H]3OC(CNCCO)=CC[C@H]3N)[C@@H]2O)OC[C@]1(C)O. The maximum atomic E-state index is 13.0. The molecule has 0 amide bonds. The van der Waals surface area contributed by atoms with E-state index in [-0.39, 0.29) is 45.0 Å². The molecule has 17 nitrogen and oxygen atoms in total. The first-order valence-corrected chi connectivity index (χ1v) is 14.9. The number of likely N-dealkylation sites (N-methyl/N-ethyl adjacent to an activating group) is 1. The monoisotopic (exact) mass is 633 g/mol. The van der Waals surface area contributed by atoms with Crippen LogP contribution in [0.15, 0.2) is 16.8 Å². The second-order valence-corrected chi connectivity index (χ2v) is 11.9. The lowest BCUT2D eigenvalue weighted by Gasteiger charge is -2.48. The number of Topliss-reactive ketones (excluding diaryl/α,β-unsaturated/α-hetero) is 1. The number of carbonyl (C=O) groups is 1. The van der Waals surface area contributed by atoms with Crippen molar-refractivity contribution in [1.29, 1.82) is 0 Å². The van der Waals surface area contributed by atoms with Gasteiger partial charge in [-0.25, -0.2) is 0 Å². The van der Waals surface area contributed by atoms with E-state index < -0.39 is 78.5 Å². The fraction of sp³-hybridized carbons (Fsp3) is 0.852. The minimum absolute atomic E-state index is 0.0153. The zero-order chi connectivity index (χ0) is 32.6. The molecular formula is C27H51N7O10. The van der Waals surface area contributed by atoms with E-state index in [0.717, 1.165) is 0 Å². The Bertz CT molecular complexity index is 985. The Morgan fingerprint density at radius 3 is 2.55 bits per heavy atom. The van der Waals surface area contributed by atoms with Crippen LogP contribution in [-0.2, 0) is 23.7 Å². The number of guanidine groups is 1. The summed E-state index contributed by atoms with van der Waals surface area (Å²) in [6, 6.07) is -2.19. The predicted molar refractivity (Wildman–Crippen MR) is 157 cm³/mol. The second-order valence-electron chi connectivity index (χ2n) is 11.9. The standard InChI is InChI=1S/C27H51N7O10/c1-27(40)12-41-25(20(39)23(27)32-2)43-21-13(10-18(37)17(36)5-6-34-26(30)31)9-16(29)22(19(21)38)44-24-15(28)4-3-14(42-24)11-33-7-8-35/h3,13,15-17,19-25,32-33,35-36,38-40H,4-12,28-29H2,1-2H3,(H4,30,31,34)/t13-,15+,16-,17-,19+,20+,21-,22?,23+,24+,25+,27-/m0/s1. The molecule has 0 aromatic rings. The lowest BCUT2D eigenvalue weighted by Crippen LogP contribution is -2.67. The fourth-order valence-corrected chi connectivity index (χ4v) is 5.85. The van der Waals surface area contributed by atoms with E-state index in [2.05, 4.69) is 15.6 Å². The van der Waals surface area contributed by atoms with E-state index in [1.807, 2.05) is 6.08 Å². The molecule has 1 unspecified atom stereocenters. The van der Waals surface area contributed by atoms with Gasteiger partial charge in [-0.2, -0.15) is 0 Å². The van der Waals surface area contributed by atoms with Gasteiger partial charge in [0.05, 0.1) is 37.9 Å². The maximum absolute atomic E-state index is 13.0. The lowest BCUT2D eigenvalue weighted by atomic mass is 9.76. The van der Waals surface area contributed by atoms with Gasteiger partial charge in [-0.1, -0.05) is 0 Å². The van der Waals surface area contributed by atoms with Gasteiger partial charge in [0.1, 0.15) is 35.8 Å².